The predicted molar refractivity (Wildman–Crippen MR) is 52.6 cm³/mol. The summed E-state index contributed by atoms with van der Waals surface area (Å²) in [7, 11) is 0. The molecule has 2 heterocycles. The quantitative estimate of drug-likeness (QED) is 0.794. The van der Waals surface area contributed by atoms with Crippen molar-refractivity contribution in [2.24, 2.45) is 0 Å². The summed E-state index contributed by atoms with van der Waals surface area (Å²) in [6.45, 7) is 1.52. The standard InChI is InChI=1S/C8H10BrN3O/c9-7-3-10-5-11-8(7)12-2-1-6(13)4-12/h3,5-6,13H,1-2,4H2. The molecule has 1 aromatic heterocycles. The number of rotatable bonds is 1. The van der Waals surface area contributed by atoms with Crippen LogP contribution in [0.15, 0.2) is 17.0 Å². The minimum Gasteiger partial charge on any atom is -0.391 e. The maximum absolute atomic E-state index is 9.35. The largest absolute Gasteiger partial charge is 0.391 e. The average Bonchev–Trinajstić information content (AvgIpc) is 2.53. The molecule has 1 saturated heterocycles. The first-order valence-electron chi connectivity index (χ1n) is 4.16. The summed E-state index contributed by atoms with van der Waals surface area (Å²) in [5.41, 5.74) is 0. The molecule has 1 aliphatic rings. The third kappa shape index (κ3) is 1.81. The molecule has 0 saturated carbocycles. The maximum atomic E-state index is 9.35. The van der Waals surface area contributed by atoms with Crippen LogP contribution in [-0.4, -0.2) is 34.3 Å². The fourth-order valence-corrected chi connectivity index (χ4v) is 1.94. The van der Waals surface area contributed by atoms with Gasteiger partial charge in [-0.05, 0) is 22.4 Å². The molecule has 0 amide bonds. The first kappa shape index (κ1) is 8.90. The van der Waals surface area contributed by atoms with E-state index in [-0.39, 0.29) is 6.10 Å². The first-order valence-corrected chi connectivity index (χ1v) is 4.95. The summed E-state index contributed by atoms with van der Waals surface area (Å²) in [6.07, 6.45) is 3.83. The summed E-state index contributed by atoms with van der Waals surface area (Å²) in [5, 5.41) is 9.35. The predicted octanol–water partition coefficient (Wildman–Crippen LogP) is 0.810. The van der Waals surface area contributed by atoms with Gasteiger partial charge in [-0.15, -0.1) is 0 Å². The fraction of sp³-hybridized carbons (Fsp3) is 0.500. The number of aromatic nitrogens is 2. The Kier molecular flexibility index (Phi) is 2.46. The minimum absolute atomic E-state index is 0.220. The number of hydrogen-bond acceptors (Lipinski definition) is 4. The van der Waals surface area contributed by atoms with Crippen molar-refractivity contribution in [1.82, 2.24) is 9.97 Å². The lowest BCUT2D eigenvalue weighted by Crippen LogP contribution is -2.22. The van der Waals surface area contributed by atoms with Gasteiger partial charge >= 0.3 is 0 Å². The molecule has 1 unspecified atom stereocenters. The highest BCUT2D eigenvalue weighted by atomic mass is 79.9. The third-order valence-corrected chi connectivity index (χ3v) is 2.67. The van der Waals surface area contributed by atoms with Crippen LogP contribution in [0.25, 0.3) is 0 Å². The first-order chi connectivity index (χ1) is 6.27. The van der Waals surface area contributed by atoms with Crippen LogP contribution >= 0.6 is 15.9 Å². The van der Waals surface area contributed by atoms with Crippen molar-refractivity contribution in [3.8, 4) is 0 Å². The Hall–Kier alpha value is -0.680. The van der Waals surface area contributed by atoms with E-state index >= 15 is 0 Å². The van der Waals surface area contributed by atoms with E-state index in [0.29, 0.717) is 6.54 Å². The Bertz CT molecular complexity index is 307. The van der Waals surface area contributed by atoms with Crippen molar-refractivity contribution in [3.05, 3.63) is 17.0 Å². The SMILES string of the molecule is OC1CCN(c2ncncc2Br)C1. The van der Waals surface area contributed by atoms with Crippen LogP contribution in [-0.2, 0) is 0 Å². The molecule has 1 N–H and O–H groups in total. The summed E-state index contributed by atoms with van der Waals surface area (Å²) in [6, 6.07) is 0. The van der Waals surface area contributed by atoms with Gasteiger partial charge < -0.3 is 10.0 Å². The fourth-order valence-electron chi connectivity index (χ4n) is 1.47. The van der Waals surface area contributed by atoms with Gasteiger partial charge in [-0.3, -0.25) is 0 Å². The Morgan fingerprint density at radius 2 is 2.46 bits per heavy atom. The Labute approximate surface area is 84.7 Å². The van der Waals surface area contributed by atoms with Gasteiger partial charge in [0.05, 0.1) is 10.6 Å². The molecule has 0 spiro atoms. The van der Waals surface area contributed by atoms with Crippen LogP contribution in [0.3, 0.4) is 0 Å². The molecule has 0 aromatic carbocycles. The maximum Gasteiger partial charge on any atom is 0.146 e. The van der Waals surface area contributed by atoms with Gasteiger partial charge in [0.2, 0.25) is 0 Å². The molecule has 1 aromatic rings. The summed E-state index contributed by atoms with van der Waals surface area (Å²) < 4.78 is 0.879. The van der Waals surface area contributed by atoms with Gasteiger partial charge in [-0.1, -0.05) is 0 Å². The monoisotopic (exact) mass is 243 g/mol. The molecule has 1 aliphatic heterocycles. The molecule has 0 radical (unpaired) electrons. The van der Waals surface area contributed by atoms with E-state index in [4.69, 9.17) is 0 Å². The topological polar surface area (TPSA) is 49.2 Å². The van der Waals surface area contributed by atoms with Crippen LogP contribution in [0.2, 0.25) is 0 Å². The van der Waals surface area contributed by atoms with E-state index in [1.165, 1.54) is 6.33 Å². The van der Waals surface area contributed by atoms with Crippen LogP contribution in [0, 0.1) is 0 Å². The molecule has 2 rings (SSSR count). The molecule has 5 heteroatoms. The number of nitrogens with zero attached hydrogens (tertiary/aromatic N) is 3. The highest BCUT2D eigenvalue weighted by Gasteiger charge is 2.22. The lowest BCUT2D eigenvalue weighted by Gasteiger charge is -2.16. The molecule has 0 aliphatic carbocycles. The zero-order chi connectivity index (χ0) is 9.26. The van der Waals surface area contributed by atoms with Crippen molar-refractivity contribution < 1.29 is 5.11 Å². The van der Waals surface area contributed by atoms with Gasteiger partial charge in [0, 0.05) is 19.3 Å². The van der Waals surface area contributed by atoms with Gasteiger partial charge in [0.1, 0.15) is 12.1 Å². The molecular weight excluding hydrogens is 234 g/mol. The van der Waals surface area contributed by atoms with Crippen LogP contribution in [0.1, 0.15) is 6.42 Å². The number of halogens is 1. The van der Waals surface area contributed by atoms with Crippen LogP contribution in [0.4, 0.5) is 5.82 Å². The smallest absolute Gasteiger partial charge is 0.146 e. The number of β-amino-alcohol motifs (C(OH)–C–C–N with tert-alkyl or cyclic N) is 1. The Morgan fingerprint density at radius 1 is 1.62 bits per heavy atom. The van der Waals surface area contributed by atoms with Crippen molar-refractivity contribution in [2.45, 2.75) is 12.5 Å². The van der Waals surface area contributed by atoms with Gasteiger partial charge in [0.15, 0.2) is 0 Å². The van der Waals surface area contributed by atoms with Gasteiger partial charge in [-0.2, -0.15) is 0 Å². The molecule has 70 valence electrons. The summed E-state index contributed by atoms with van der Waals surface area (Å²) in [5.74, 6) is 0.867. The highest BCUT2D eigenvalue weighted by Crippen LogP contribution is 2.25. The van der Waals surface area contributed by atoms with E-state index in [9.17, 15) is 5.11 Å². The van der Waals surface area contributed by atoms with Gasteiger partial charge in [0.25, 0.3) is 0 Å². The summed E-state index contributed by atoms with van der Waals surface area (Å²) in [4.78, 5) is 10.1. The lowest BCUT2D eigenvalue weighted by molar-refractivity contribution is 0.198. The minimum atomic E-state index is -0.220. The molecule has 1 atom stereocenters. The second kappa shape index (κ2) is 3.59. The van der Waals surface area contributed by atoms with E-state index in [1.807, 2.05) is 0 Å². The van der Waals surface area contributed by atoms with E-state index in [2.05, 4.69) is 30.8 Å². The van der Waals surface area contributed by atoms with Crippen molar-refractivity contribution in [1.29, 1.82) is 0 Å². The number of hydrogen-bond donors (Lipinski definition) is 1. The average molecular weight is 244 g/mol. The number of anilines is 1. The van der Waals surface area contributed by atoms with Crippen molar-refractivity contribution >= 4 is 21.7 Å². The normalized spacial score (nSPS) is 22.3. The van der Waals surface area contributed by atoms with Crippen molar-refractivity contribution in [3.63, 3.8) is 0 Å². The number of aliphatic hydroxyl groups excluding tert-OH is 1. The Balaban J connectivity index is 2.21. The van der Waals surface area contributed by atoms with Crippen LogP contribution in [0.5, 0.6) is 0 Å². The zero-order valence-electron chi connectivity index (χ0n) is 7.02. The molecular formula is C8H10BrN3O. The van der Waals surface area contributed by atoms with Crippen molar-refractivity contribution in [2.75, 3.05) is 18.0 Å². The number of aliphatic hydroxyl groups is 1. The third-order valence-electron chi connectivity index (χ3n) is 2.11. The molecule has 1 fully saturated rings. The van der Waals surface area contributed by atoms with E-state index < -0.39 is 0 Å². The van der Waals surface area contributed by atoms with E-state index in [1.54, 1.807) is 6.20 Å². The van der Waals surface area contributed by atoms with Gasteiger partial charge in [-0.25, -0.2) is 9.97 Å². The molecule has 4 nitrogen and oxygen atoms in total. The second-order valence-electron chi connectivity index (χ2n) is 3.08. The molecule has 0 bridgehead atoms. The van der Waals surface area contributed by atoms with Crippen LogP contribution < -0.4 is 4.90 Å². The second-order valence-corrected chi connectivity index (χ2v) is 3.94. The zero-order valence-corrected chi connectivity index (χ0v) is 8.61. The highest BCUT2D eigenvalue weighted by molar-refractivity contribution is 9.10. The molecule has 13 heavy (non-hydrogen) atoms. The van der Waals surface area contributed by atoms with E-state index in [0.717, 1.165) is 23.3 Å². The summed E-state index contributed by atoms with van der Waals surface area (Å²) >= 11 is 3.38. The Morgan fingerprint density at radius 3 is 3.08 bits per heavy atom. The lowest BCUT2D eigenvalue weighted by atomic mass is 10.3.